The highest BCUT2D eigenvalue weighted by Gasteiger charge is 2.51. The van der Waals surface area contributed by atoms with Gasteiger partial charge in [-0.2, -0.15) is 0 Å². The number of rotatable bonds is 6. The van der Waals surface area contributed by atoms with Gasteiger partial charge in [0, 0.05) is 13.1 Å². The van der Waals surface area contributed by atoms with Gasteiger partial charge in [0.15, 0.2) is 0 Å². The number of hydrogen-bond donors (Lipinski definition) is 0. The van der Waals surface area contributed by atoms with Crippen molar-refractivity contribution in [3.63, 3.8) is 0 Å². The van der Waals surface area contributed by atoms with Crippen LogP contribution in [0.1, 0.15) is 61.3 Å². The van der Waals surface area contributed by atoms with Crippen LogP contribution < -0.4 is 10.2 Å². The lowest BCUT2D eigenvalue weighted by molar-refractivity contribution is -0.0177. The number of carbonyl (C=O) groups is 1. The zero-order chi connectivity index (χ0) is 23.6. The molecule has 0 saturated carbocycles. The van der Waals surface area contributed by atoms with Gasteiger partial charge in [0.25, 0.3) is 0 Å². The summed E-state index contributed by atoms with van der Waals surface area (Å²) >= 11 is 0. The minimum atomic E-state index is -0.468. The quantitative estimate of drug-likeness (QED) is 0.489. The molecule has 178 valence electrons. The second-order valence-electron chi connectivity index (χ2n) is 10.5. The first kappa shape index (κ1) is 24.9. The molecule has 0 bridgehead atoms. The number of piperidine rings is 1. The number of carbonyl (C=O) groups excluding carboxylic acids is 1. The number of nitrogens with zero attached hydrogens (tertiary/aromatic N) is 1. The zero-order valence-corrected chi connectivity index (χ0v) is 20.6. The summed E-state index contributed by atoms with van der Waals surface area (Å²) < 4.78 is 29.4. The molecule has 0 N–H and O–H groups in total. The number of ether oxygens (including phenoxy) is 3. The lowest BCUT2D eigenvalue weighted by Gasteiger charge is -2.33. The molecular weight excluding hydrogens is 409 g/mol. The van der Waals surface area contributed by atoms with Gasteiger partial charge >= 0.3 is 13.2 Å². The monoisotopic (exact) mass is 447 g/mol. The first-order valence-corrected chi connectivity index (χ1v) is 11.5. The van der Waals surface area contributed by atoms with E-state index in [4.69, 9.17) is 23.5 Å². The number of hydrogen-bond acceptors (Lipinski definition) is 6. The smallest absolute Gasteiger partial charge is 0.491 e. The Morgan fingerprint density at radius 2 is 1.59 bits per heavy atom. The Labute approximate surface area is 192 Å². The van der Waals surface area contributed by atoms with Gasteiger partial charge in [-0.25, -0.2) is 4.79 Å². The van der Waals surface area contributed by atoms with Gasteiger partial charge in [-0.15, -0.1) is 0 Å². The van der Waals surface area contributed by atoms with Gasteiger partial charge in [0.05, 0.1) is 23.9 Å². The number of amides is 1. The summed E-state index contributed by atoms with van der Waals surface area (Å²) in [6.45, 7) is 16.1. The third kappa shape index (κ3) is 6.39. The van der Waals surface area contributed by atoms with Crippen molar-refractivity contribution >= 4 is 18.7 Å². The molecule has 0 spiro atoms. The van der Waals surface area contributed by atoms with Crippen molar-refractivity contribution in [2.45, 2.75) is 84.2 Å². The molecule has 2 fully saturated rings. The fraction of sp³-hybridized carbons (Fsp3) is 0.708. The van der Waals surface area contributed by atoms with Crippen molar-refractivity contribution in [1.29, 1.82) is 0 Å². The van der Waals surface area contributed by atoms with Crippen molar-refractivity contribution < 1.29 is 28.3 Å². The predicted molar refractivity (Wildman–Crippen MR) is 124 cm³/mol. The van der Waals surface area contributed by atoms with Crippen molar-refractivity contribution in [3.05, 3.63) is 24.3 Å². The molecule has 0 aromatic heterocycles. The Bertz CT molecular complexity index is 750. The number of benzene rings is 1. The van der Waals surface area contributed by atoms with Gasteiger partial charge in [-0.05, 0) is 78.9 Å². The maximum atomic E-state index is 12.1. The Hall–Kier alpha value is -1.77. The van der Waals surface area contributed by atoms with Gasteiger partial charge in [0.2, 0.25) is 0 Å². The molecular formula is C24H38BNO6. The van der Waals surface area contributed by atoms with E-state index in [1.807, 2.05) is 72.7 Å². The molecule has 8 heteroatoms. The summed E-state index contributed by atoms with van der Waals surface area (Å²) in [5, 5.41) is 0. The predicted octanol–water partition coefficient (Wildman–Crippen LogP) is 3.78. The average Bonchev–Trinajstić information content (AvgIpc) is 2.92. The van der Waals surface area contributed by atoms with E-state index >= 15 is 0 Å². The maximum absolute atomic E-state index is 12.1. The molecule has 2 heterocycles. The zero-order valence-electron chi connectivity index (χ0n) is 20.6. The minimum absolute atomic E-state index is 0.142. The minimum Gasteiger partial charge on any atom is -0.491 e. The van der Waals surface area contributed by atoms with Crippen molar-refractivity contribution in [1.82, 2.24) is 4.90 Å². The van der Waals surface area contributed by atoms with E-state index < -0.39 is 5.60 Å². The van der Waals surface area contributed by atoms with E-state index in [2.05, 4.69) is 0 Å². The van der Waals surface area contributed by atoms with Crippen LogP contribution in [-0.2, 0) is 18.8 Å². The topological polar surface area (TPSA) is 66.5 Å². The van der Waals surface area contributed by atoms with Crippen LogP contribution in [-0.4, -0.2) is 67.3 Å². The van der Waals surface area contributed by atoms with Crippen LogP contribution in [0.5, 0.6) is 5.75 Å². The molecule has 2 saturated heterocycles. The van der Waals surface area contributed by atoms with Crippen LogP contribution in [0, 0.1) is 0 Å². The molecule has 0 radical (unpaired) electrons. The summed E-state index contributed by atoms with van der Waals surface area (Å²) in [5.41, 5.74) is -0.200. The molecule has 7 nitrogen and oxygen atoms in total. The van der Waals surface area contributed by atoms with Crippen LogP contribution >= 0.6 is 0 Å². The molecule has 0 aliphatic carbocycles. The Morgan fingerprint density at radius 1 is 1.03 bits per heavy atom. The summed E-state index contributed by atoms with van der Waals surface area (Å²) in [7, 11) is -0.371. The molecule has 1 aromatic carbocycles. The van der Waals surface area contributed by atoms with Crippen LogP contribution in [0.2, 0.25) is 0 Å². The lowest BCUT2D eigenvalue weighted by Crippen LogP contribution is -2.43. The highest BCUT2D eigenvalue weighted by Crippen LogP contribution is 2.36. The van der Waals surface area contributed by atoms with Gasteiger partial charge in [-0.3, -0.25) is 0 Å². The fourth-order valence-corrected chi connectivity index (χ4v) is 3.61. The Kier molecular flexibility index (Phi) is 7.47. The average molecular weight is 447 g/mol. The maximum Gasteiger partial charge on any atom is 0.494 e. The standard InChI is InChI=1S/C24H38BNO6/c1-22(2,3)30-21(27)26-14-12-20(13-15-26)29-17-16-28-19-10-8-18(9-11-19)25-31-23(4,5)24(6,7)32-25/h8-11,20H,12-17H2,1-7H3. The van der Waals surface area contributed by atoms with Crippen LogP contribution in [0.3, 0.4) is 0 Å². The normalized spacial score (nSPS) is 21.0. The summed E-state index contributed by atoms with van der Waals surface area (Å²) in [6, 6.07) is 7.81. The van der Waals surface area contributed by atoms with Crippen molar-refractivity contribution in [2.24, 2.45) is 0 Å². The van der Waals surface area contributed by atoms with Gasteiger partial charge in [-0.1, -0.05) is 12.1 Å². The van der Waals surface area contributed by atoms with E-state index in [1.54, 1.807) is 4.90 Å². The molecule has 32 heavy (non-hydrogen) atoms. The Morgan fingerprint density at radius 3 is 2.12 bits per heavy atom. The van der Waals surface area contributed by atoms with Crippen molar-refractivity contribution in [3.8, 4) is 5.75 Å². The first-order chi connectivity index (χ1) is 14.9. The van der Waals surface area contributed by atoms with Crippen LogP contribution in [0.15, 0.2) is 24.3 Å². The molecule has 1 aromatic rings. The van der Waals surface area contributed by atoms with E-state index in [-0.39, 0.29) is 30.5 Å². The SMILES string of the molecule is CC(C)(C)OC(=O)N1CCC(OCCOc2ccc(B3OC(C)(C)C(C)(C)O3)cc2)CC1. The third-order valence-corrected chi connectivity index (χ3v) is 6.20. The lowest BCUT2D eigenvalue weighted by atomic mass is 9.79. The molecule has 0 atom stereocenters. The van der Waals surface area contributed by atoms with Crippen LogP contribution in [0.4, 0.5) is 4.79 Å². The largest absolute Gasteiger partial charge is 0.494 e. The van der Waals surface area contributed by atoms with E-state index in [9.17, 15) is 4.79 Å². The van der Waals surface area contributed by atoms with E-state index in [1.165, 1.54) is 0 Å². The third-order valence-electron chi connectivity index (χ3n) is 6.20. The second kappa shape index (κ2) is 9.61. The van der Waals surface area contributed by atoms with Crippen LogP contribution in [0.25, 0.3) is 0 Å². The highest BCUT2D eigenvalue weighted by atomic mass is 16.7. The molecule has 1 amide bonds. The number of likely N-dealkylation sites (tertiary alicyclic amines) is 1. The second-order valence-corrected chi connectivity index (χ2v) is 10.5. The molecule has 2 aliphatic rings. The highest BCUT2D eigenvalue weighted by molar-refractivity contribution is 6.62. The summed E-state index contributed by atoms with van der Waals surface area (Å²) in [6.07, 6.45) is 1.51. The molecule has 2 aliphatic heterocycles. The van der Waals surface area contributed by atoms with Crippen molar-refractivity contribution in [2.75, 3.05) is 26.3 Å². The fourth-order valence-electron chi connectivity index (χ4n) is 3.61. The summed E-state index contributed by atoms with van der Waals surface area (Å²) in [5.74, 6) is 0.786. The summed E-state index contributed by atoms with van der Waals surface area (Å²) in [4.78, 5) is 13.9. The molecule has 0 unspecified atom stereocenters. The molecule has 3 rings (SSSR count). The van der Waals surface area contributed by atoms with E-state index in [0.29, 0.717) is 26.3 Å². The van der Waals surface area contributed by atoms with E-state index in [0.717, 1.165) is 24.1 Å². The van der Waals surface area contributed by atoms with Gasteiger partial charge < -0.3 is 28.4 Å². The van der Waals surface area contributed by atoms with Gasteiger partial charge in [0.1, 0.15) is 18.0 Å². The first-order valence-electron chi connectivity index (χ1n) is 11.5. The Balaban J connectivity index is 1.35.